The van der Waals surface area contributed by atoms with Gasteiger partial charge in [-0.1, -0.05) is 24.3 Å². The van der Waals surface area contributed by atoms with E-state index in [0.29, 0.717) is 5.69 Å². The summed E-state index contributed by atoms with van der Waals surface area (Å²) in [5, 5.41) is 2.73. The van der Waals surface area contributed by atoms with Gasteiger partial charge in [0, 0.05) is 30.4 Å². The third-order valence-electron chi connectivity index (χ3n) is 4.28. The van der Waals surface area contributed by atoms with Gasteiger partial charge in [0.2, 0.25) is 0 Å². The summed E-state index contributed by atoms with van der Waals surface area (Å²) in [6, 6.07) is 17.1. The van der Waals surface area contributed by atoms with Crippen LogP contribution in [0.5, 0.6) is 0 Å². The van der Waals surface area contributed by atoms with Crippen LogP contribution in [-0.2, 0) is 0 Å². The van der Waals surface area contributed by atoms with Gasteiger partial charge in [0.05, 0.1) is 5.56 Å². The zero-order valence-corrected chi connectivity index (χ0v) is 13.5. The van der Waals surface area contributed by atoms with Crippen molar-refractivity contribution >= 4 is 17.5 Å². The predicted octanol–water partition coefficient (Wildman–Crippen LogP) is 4.55. The van der Waals surface area contributed by atoms with Crippen LogP contribution in [0.1, 0.15) is 16.8 Å². The molecule has 1 aromatic heterocycles. The minimum atomic E-state index is -0.540. The zero-order chi connectivity index (χ0) is 17.2. The molecule has 4 rings (SSSR count). The van der Waals surface area contributed by atoms with E-state index in [1.807, 2.05) is 30.3 Å². The highest BCUT2D eigenvalue weighted by molar-refractivity contribution is 6.04. The number of benzene rings is 2. The number of amides is 1. The van der Waals surface area contributed by atoms with Gasteiger partial charge in [-0.2, -0.15) is 0 Å². The van der Waals surface area contributed by atoms with Crippen LogP contribution in [0.25, 0.3) is 11.3 Å². The van der Waals surface area contributed by atoms with E-state index in [2.05, 4.69) is 10.2 Å². The maximum atomic E-state index is 13.7. The lowest BCUT2D eigenvalue weighted by Crippen LogP contribution is -2.36. The monoisotopic (exact) mass is 336 g/mol. The van der Waals surface area contributed by atoms with Gasteiger partial charge in [-0.05, 0) is 36.8 Å². The molecule has 2 aromatic carbocycles. The number of hydrogen-bond acceptors (Lipinski definition) is 3. The van der Waals surface area contributed by atoms with E-state index in [4.69, 9.17) is 4.42 Å². The predicted molar refractivity (Wildman–Crippen MR) is 95.3 cm³/mol. The van der Waals surface area contributed by atoms with Crippen molar-refractivity contribution in [1.29, 1.82) is 0 Å². The highest BCUT2D eigenvalue weighted by atomic mass is 19.1. The van der Waals surface area contributed by atoms with Crippen LogP contribution in [0.4, 0.5) is 16.0 Å². The highest BCUT2D eigenvalue weighted by Gasteiger charge is 2.18. The second-order valence-electron chi connectivity index (χ2n) is 5.99. The molecule has 0 bridgehead atoms. The largest absolute Gasteiger partial charge is 0.441 e. The van der Waals surface area contributed by atoms with Crippen LogP contribution in [0.15, 0.2) is 65.1 Å². The summed E-state index contributed by atoms with van der Waals surface area (Å²) in [6.07, 6.45) is 1.19. The fraction of sp³-hybridized carbons (Fsp3) is 0.150. The normalized spacial score (nSPS) is 13.4. The number of carbonyl (C=O) groups excluding carboxylic acids is 1. The average Bonchev–Trinajstić information content (AvgIpc) is 3.03. The van der Waals surface area contributed by atoms with Gasteiger partial charge in [0.25, 0.3) is 5.91 Å². The van der Waals surface area contributed by atoms with E-state index in [1.165, 1.54) is 18.6 Å². The Morgan fingerprint density at radius 3 is 2.64 bits per heavy atom. The zero-order valence-electron chi connectivity index (χ0n) is 13.5. The molecule has 3 aromatic rings. The van der Waals surface area contributed by atoms with Gasteiger partial charge in [0.15, 0.2) is 5.88 Å². The van der Waals surface area contributed by atoms with Crippen LogP contribution >= 0.6 is 0 Å². The minimum absolute atomic E-state index is 0.0194. The Morgan fingerprint density at radius 2 is 1.88 bits per heavy atom. The molecule has 1 amide bonds. The molecule has 0 unspecified atom stereocenters. The molecule has 1 N–H and O–H groups in total. The number of carbonyl (C=O) groups is 1. The van der Waals surface area contributed by atoms with Crippen molar-refractivity contribution in [2.75, 3.05) is 23.3 Å². The molecule has 0 saturated carbocycles. The Hall–Kier alpha value is -3.08. The van der Waals surface area contributed by atoms with Gasteiger partial charge in [0.1, 0.15) is 11.6 Å². The average molecular weight is 336 g/mol. The molecule has 126 valence electrons. The van der Waals surface area contributed by atoms with E-state index in [-0.39, 0.29) is 5.56 Å². The third kappa shape index (κ3) is 3.13. The van der Waals surface area contributed by atoms with E-state index in [0.717, 1.165) is 30.3 Å². The first-order valence-corrected chi connectivity index (χ1v) is 8.22. The molecule has 5 heteroatoms. The SMILES string of the molecule is O=C(Nc1cccc(-c2ccc(N3CCC3)o2)c1)c1ccccc1F. The lowest BCUT2D eigenvalue weighted by Gasteiger charge is -2.30. The number of nitrogens with one attached hydrogen (secondary N) is 1. The molecule has 0 aliphatic carbocycles. The van der Waals surface area contributed by atoms with Gasteiger partial charge in [-0.3, -0.25) is 4.79 Å². The summed E-state index contributed by atoms with van der Waals surface area (Å²) in [7, 11) is 0. The quantitative estimate of drug-likeness (QED) is 0.760. The third-order valence-corrected chi connectivity index (χ3v) is 4.28. The van der Waals surface area contributed by atoms with E-state index < -0.39 is 11.7 Å². The Morgan fingerprint density at radius 1 is 1.04 bits per heavy atom. The first-order chi connectivity index (χ1) is 12.2. The fourth-order valence-corrected chi connectivity index (χ4v) is 2.78. The highest BCUT2D eigenvalue weighted by Crippen LogP contribution is 2.30. The molecule has 1 fully saturated rings. The molecular formula is C20H17FN2O2. The van der Waals surface area contributed by atoms with E-state index in [9.17, 15) is 9.18 Å². The van der Waals surface area contributed by atoms with Gasteiger partial charge in [-0.25, -0.2) is 4.39 Å². The number of furan rings is 1. The minimum Gasteiger partial charge on any atom is -0.441 e. The standard InChI is InChI=1S/C20H17FN2O2/c21-17-8-2-1-7-16(17)20(24)22-15-6-3-5-14(13-15)18-9-10-19(25-18)23-11-4-12-23/h1-3,5-10,13H,4,11-12H2,(H,22,24). The Kier molecular flexibility index (Phi) is 3.98. The summed E-state index contributed by atoms with van der Waals surface area (Å²) < 4.78 is 19.6. The van der Waals surface area contributed by atoms with Crippen LogP contribution in [0.3, 0.4) is 0 Å². The van der Waals surface area contributed by atoms with Crippen LogP contribution in [0.2, 0.25) is 0 Å². The fourth-order valence-electron chi connectivity index (χ4n) is 2.78. The maximum absolute atomic E-state index is 13.7. The molecule has 1 aliphatic rings. The van der Waals surface area contributed by atoms with Gasteiger partial charge >= 0.3 is 0 Å². The van der Waals surface area contributed by atoms with Gasteiger partial charge < -0.3 is 14.6 Å². The summed E-state index contributed by atoms with van der Waals surface area (Å²) in [5.41, 5.74) is 1.47. The van der Waals surface area contributed by atoms with Crippen LogP contribution < -0.4 is 10.2 Å². The number of nitrogens with zero attached hydrogens (tertiary/aromatic N) is 1. The van der Waals surface area contributed by atoms with Crippen molar-refractivity contribution in [3.05, 3.63) is 72.0 Å². The van der Waals surface area contributed by atoms with Crippen molar-refractivity contribution < 1.29 is 13.6 Å². The molecule has 25 heavy (non-hydrogen) atoms. The molecule has 1 saturated heterocycles. The molecular weight excluding hydrogens is 319 g/mol. The molecule has 0 radical (unpaired) electrons. The smallest absolute Gasteiger partial charge is 0.258 e. The summed E-state index contributed by atoms with van der Waals surface area (Å²) in [4.78, 5) is 14.4. The number of halogens is 1. The number of hydrogen-bond donors (Lipinski definition) is 1. The van der Waals surface area contributed by atoms with Crippen molar-refractivity contribution in [1.82, 2.24) is 0 Å². The molecule has 1 aliphatic heterocycles. The summed E-state index contributed by atoms with van der Waals surface area (Å²) >= 11 is 0. The van der Waals surface area contributed by atoms with Crippen molar-refractivity contribution in [2.24, 2.45) is 0 Å². The first kappa shape index (κ1) is 15.4. The van der Waals surface area contributed by atoms with E-state index >= 15 is 0 Å². The van der Waals surface area contributed by atoms with E-state index in [1.54, 1.807) is 18.2 Å². The molecule has 4 nitrogen and oxygen atoms in total. The Labute approximate surface area is 144 Å². The van der Waals surface area contributed by atoms with Crippen LogP contribution in [0, 0.1) is 5.82 Å². The first-order valence-electron chi connectivity index (χ1n) is 8.22. The molecule has 0 atom stereocenters. The number of rotatable bonds is 4. The van der Waals surface area contributed by atoms with Gasteiger partial charge in [-0.15, -0.1) is 0 Å². The summed E-state index contributed by atoms with van der Waals surface area (Å²) in [6.45, 7) is 2.04. The number of anilines is 2. The second-order valence-corrected chi connectivity index (χ2v) is 5.99. The topological polar surface area (TPSA) is 45.5 Å². The molecule has 0 spiro atoms. The van der Waals surface area contributed by atoms with Crippen LogP contribution in [-0.4, -0.2) is 19.0 Å². The molecule has 2 heterocycles. The lowest BCUT2D eigenvalue weighted by molar-refractivity contribution is 0.102. The second kappa shape index (κ2) is 6.43. The Balaban J connectivity index is 1.54. The lowest BCUT2D eigenvalue weighted by atomic mass is 10.1. The van der Waals surface area contributed by atoms with Crippen molar-refractivity contribution in [3.63, 3.8) is 0 Å². The maximum Gasteiger partial charge on any atom is 0.258 e. The Bertz CT molecular complexity index is 915. The summed E-state index contributed by atoms with van der Waals surface area (Å²) in [5.74, 6) is 0.586. The van der Waals surface area contributed by atoms with Crippen molar-refractivity contribution in [3.8, 4) is 11.3 Å². The van der Waals surface area contributed by atoms with Crippen molar-refractivity contribution in [2.45, 2.75) is 6.42 Å².